The van der Waals surface area contributed by atoms with Crippen LogP contribution >= 0.6 is 0 Å². The normalized spacial score (nSPS) is 16.9. The molecular formula is C23H25F3N4O8. The van der Waals surface area contributed by atoms with E-state index < -0.39 is 42.0 Å². The van der Waals surface area contributed by atoms with Crippen LogP contribution in [-0.2, 0) is 16.2 Å². The summed E-state index contributed by atoms with van der Waals surface area (Å²) < 4.78 is 37.5. The van der Waals surface area contributed by atoms with E-state index in [1.165, 1.54) is 0 Å². The predicted molar refractivity (Wildman–Crippen MR) is 122 cm³/mol. The standard InChI is InChI=1S/C21H24N4O6.C2HF3O2/c1-13-15(3-2-9-22-13)12-31-16-6-4-14(5-7-16)19(26)23-18-11-25(21(28)29)10-8-17(18)20(27)24-30;3-2(4,5)1(6)7/h2-7,9,17-18,30H,8,10-12H2,1H3,(H,23,26)(H,24,27)(H,28,29);(H,6,7)/t17-,18+;/m0./s1. The number of hydrogen-bond donors (Lipinski definition) is 5. The molecule has 5 N–H and O–H groups in total. The number of carboxylic acids is 1. The molecule has 15 heteroatoms. The number of carbonyl (C=O) groups excluding carboxylic acids is 2. The second-order valence-electron chi connectivity index (χ2n) is 8.04. The van der Waals surface area contributed by atoms with Crippen molar-refractivity contribution in [2.45, 2.75) is 32.2 Å². The van der Waals surface area contributed by atoms with Crippen molar-refractivity contribution >= 4 is 23.9 Å². The number of benzene rings is 1. The number of pyridine rings is 1. The van der Waals surface area contributed by atoms with E-state index in [2.05, 4.69) is 10.3 Å². The van der Waals surface area contributed by atoms with Gasteiger partial charge < -0.3 is 25.2 Å². The van der Waals surface area contributed by atoms with Gasteiger partial charge in [0.1, 0.15) is 12.4 Å². The molecule has 1 aromatic heterocycles. The quantitative estimate of drug-likeness (QED) is 0.270. The lowest BCUT2D eigenvalue weighted by atomic mass is 9.90. The number of carbonyl (C=O) groups is 4. The minimum Gasteiger partial charge on any atom is -0.489 e. The first-order chi connectivity index (χ1) is 17.8. The zero-order valence-electron chi connectivity index (χ0n) is 19.9. The van der Waals surface area contributed by atoms with Gasteiger partial charge in [-0.3, -0.25) is 19.8 Å². The zero-order chi connectivity index (χ0) is 28.5. The average molecular weight is 542 g/mol. The second-order valence-corrected chi connectivity index (χ2v) is 8.04. The number of halogens is 3. The van der Waals surface area contributed by atoms with Gasteiger partial charge in [-0.15, -0.1) is 0 Å². The molecule has 3 rings (SSSR count). The molecule has 1 saturated heterocycles. The summed E-state index contributed by atoms with van der Waals surface area (Å²) in [6.45, 7) is 2.33. The van der Waals surface area contributed by atoms with E-state index in [0.29, 0.717) is 17.9 Å². The monoisotopic (exact) mass is 542 g/mol. The SMILES string of the molecule is Cc1ncccc1COc1ccc(C(=O)N[C@@H]2CN(C(=O)O)CC[C@@H]2C(=O)NO)cc1.O=C(O)C(F)(F)F. The number of hydrogen-bond acceptors (Lipinski definition) is 7. The van der Waals surface area contributed by atoms with Gasteiger partial charge >= 0.3 is 18.2 Å². The molecule has 1 aliphatic rings. The van der Waals surface area contributed by atoms with Crippen molar-refractivity contribution in [1.29, 1.82) is 0 Å². The molecule has 38 heavy (non-hydrogen) atoms. The molecule has 1 aromatic carbocycles. The summed E-state index contributed by atoms with van der Waals surface area (Å²) >= 11 is 0. The molecule has 2 aromatic rings. The molecule has 0 saturated carbocycles. The molecule has 1 fully saturated rings. The first-order valence-corrected chi connectivity index (χ1v) is 11.0. The van der Waals surface area contributed by atoms with E-state index in [-0.39, 0.29) is 19.5 Å². The first kappa shape index (κ1) is 29.8. The van der Waals surface area contributed by atoms with E-state index in [1.54, 1.807) is 35.9 Å². The number of hydroxylamine groups is 1. The van der Waals surface area contributed by atoms with Gasteiger partial charge in [0, 0.05) is 36.1 Å². The van der Waals surface area contributed by atoms with Crippen molar-refractivity contribution in [2.75, 3.05) is 13.1 Å². The lowest BCUT2D eigenvalue weighted by molar-refractivity contribution is -0.192. The Morgan fingerprint density at radius 2 is 1.76 bits per heavy atom. The Morgan fingerprint density at radius 3 is 2.29 bits per heavy atom. The van der Waals surface area contributed by atoms with E-state index in [1.807, 2.05) is 19.1 Å². The van der Waals surface area contributed by atoms with Gasteiger partial charge in [0.25, 0.3) is 5.91 Å². The number of rotatable bonds is 6. The van der Waals surface area contributed by atoms with Crippen molar-refractivity contribution in [3.05, 3.63) is 59.4 Å². The zero-order valence-corrected chi connectivity index (χ0v) is 19.9. The number of nitrogens with one attached hydrogen (secondary N) is 2. The maximum Gasteiger partial charge on any atom is 0.490 e. The van der Waals surface area contributed by atoms with Gasteiger partial charge in [0.2, 0.25) is 5.91 Å². The van der Waals surface area contributed by atoms with Gasteiger partial charge in [-0.1, -0.05) is 6.07 Å². The van der Waals surface area contributed by atoms with Gasteiger partial charge in [-0.25, -0.2) is 15.1 Å². The highest BCUT2D eigenvalue weighted by atomic mass is 19.4. The lowest BCUT2D eigenvalue weighted by Gasteiger charge is -2.36. The lowest BCUT2D eigenvalue weighted by Crippen LogP contribution is -2.57. The highest BCUT2D eigenvalue weighted by Gasteiger charge is 2.38. The Hall–Kier alpha value is -4.40. The maximum absolute atomic E-state index is 12.7. The third-order valence-electron chi connectivity index (χ3n) is 5.52. The number of amides is 3. The number of alkyl halides is 3. The number of piperidine rings is 1. The molecule has 2 atom stereocenters. The van der Waals surface area contributed by atoms with Crippen LogP contribution < -0.4 is 15.5 Å². The maximum atomic E-state index is 12.7. The Bertz CT molecular complexity index is 1140. The minimum absolute atomic E-state index is 0.0508. The molecule has 2 heterocycles. The third kappa shape index (κ3) is 8.62. The average Bonchev–Trinajstić information content (AvgIpc) is 2.87. The Balaban J connectivity index is 0.000000638. The van der Waals surface area contributed by atoms with Gasteiger partial charge in [-0.2, -0.15) is 13.2 Å². The summed E-state index contributed by atoms with van der Waals surface area (Å²) in [5.74, 6) is -4.04. The number of aryl methyl sites for hydroxylation is 1. The summed E-state index contributed by atoms with van der Waals surface area (Å²) in [5.41, 5.74) is 3.75. The molecule has 12 nitrogen and oxygen atoms in total. The van der Waals surface area contributed by atoms with E-state index >= 15 is 0 Å². The van der Waals surface area contributed by atoms with Crippen LogP contribution in [0.1, 0.15) is 28.0 Å². The minimum atomic E-state index is -5.08. The fourth-order valence-corrected chi connectivity index (χ4v) is 3.45. The Morgan fingerprint density at radius 1 is 1.13 bits per heavy atom. The van der Waals surface area contributed by atoms with Gasteiger partial charge in [-0.05, 0) is 43.7 Å². The van der Waals surface area contributed by atoms with Crippen molar-refractivity contribution < 1.29 is 52.5 Å². The summed E-state index contributed by atoms with van der Waals surface area (Å²) in [5, 5.41) is 28.0. The number of nitrogens with zero attached hydrogens (tertiary/aromatic N) is 2. The topological polar surface area (TPSA) is 178 Å². The molecule has 3 amide bonds. The predicted octanol–water partition coefficient (Wildman–Crippen LogP) is 2.21. The van der Waals surface area contributed by atoms with Crippen molar-refractivity contribution in [2.24, 2.45) is 5.92 Å². The molecule has 0 unspecified atom stereocenters. The molecule has 1 aliphatic heterocycles. The number of carboxylic acid groups (broad SMARTS) is 2. The molecule has 0 bridgehead atoms. The summed E-state index contributed by atoms with van der Waals surface area (Å²) in [7, 11) is 0. The fraction of sp³-hybridized carbons (Fsp3) is 0.348. The largest absolute Gasteiger partial charge is 0.490 e. The van der Waals surface area contributed by atoms with Crippen LogP contribution in [0.25, 0.3) is 0 Å². The van der Waals surface area contributed by atoms with Crippen molar-refractivity contribution in [3.63, 3.8) is 0 Å². The van der Waals surface area contributed by atoms with Crippen LogP contribution in [0.2, 0.25) is 0 Å². The van der Waals surface area contributed by atoms with Crippen molar-refractivity contribution in [3.8, 4) is 5.75 Å². The summed E-state index contributed by atoms with van der Waals surface area (Å²) in [6, 6.07) is 9.47. The highest BCUT2D eigenvalue weighted by molar-refractivity contribution is 5.95. The van der Waals surface area contributed by atoms with Crippen molar-refractivity contribution in [1.82, 2.24) is 20.7 Å². The Labute approximate surface area is 214 Å². The molecule has 206 valence electrons. The summed E-state index contributed by atoms with van der Waals surface area (Å²) in [4.78, 5) is 50.1. The van der Waals surface area contributed by atoms with E-state index in [4.69, 9.17) is 19.8 Å². The first-order valence-electron chi connectivity index (χ1n) is 11.0. The number of aromatic nitrogens is 1. The number of likely N-dealkylation sites (tertiary alicyclic amines) is 1. The third-order valence-corrected chi connectivity index (χ3v) is 5.52. The molecule has 0 spiro atoms. The van der Waals surface area contributed by atoms with Gasteiger partial charge in [0.15, 0.2) is 0 Å². The van der Waals surface area contributed by atoms with E-state index in [0.717, 1.165) is 16.2 Å². The fourth-order valence-electron chi connectivity index (χ4n) is 3.45. The smallest absolute Gasteiger partial charge is 0.489 e. The van der Waals surface area contributed by atoms with Gasteiger partial charge in [0.05, 0.1) is 12.0 Å². The van der Waals surface area contributed by atoms with Crippen LogP contribution in [0.3, 0.4) is 0 Å². The number of ether oxygens (including phenoxy) is 1. The second kappa shape index (κ2) is 13.2. The van der Waals surface area contributed by atoms with E-state index in [9.17, 15) is 32.7 Å². The van der Waals surface area contributed by atoms with Crippen LogP contribution in [0.5, 0.6) is 5.75 Å². The van der Waals surface area contributed by atoms with Crippen LogP contribution in [0.15, 0.2) is 42.6 Å². The Kier molecular flexibility index (Phi) is 10.4. The summed E-state index contributed by atoms with van der Waals surface area (Å²) in [6.07, 6.45) is -4.32. The molecule has 0 aliphatic carbocycles. The molecular weight excluding hydrogens is 517 g/mol. The van der Waals surface area contributed by atoms with Crippen LogP contribution in [0.4, 0.5) is 18.0 Å². The van der Waals surface area contributed by atoms with Crippen LogP contribution in [0, 0.1) is 12.8 Å². The van der Waals surface area contributed by atoms with Crippen LogP contribution in [-0.4, -0.2) is 74.5 Å². The highest BCUT2D eigenvalue weighted by Crippen LogP contribution is 2.20. The number of aliphatic carboxylic acids is 1. The molecule has 0 radical (unpaired) electrons.